The molecule has 4 amide bonds. The van der Waals surface area contributed by atoms with Gasteiger partial charge in [-0.15, -0.1) is 4.28 Å². The maximum atomic E-state index is 12.9. The van der Waals surface area contributed by atoms with Gasteiger partial charge in [0.15, 0.2) is 0 Å². The smallest absolute Gasteiger partial charge is 0.418 e. The number of carbonyl (C=O) groups is 3. The SMILES string of the molecule is CC(C)(C)OC(=O)N1C[C@@H](N2CCOCC2)C[C@@H]1CONC(=O)C1CCC2CN1C(=O)N2OS(=O)(=O)O. The molecular formula is C21H35N5O10S. The molecule has 15 nitrogen and oxygen atoms in total. The van der Waals surface area contributed by atoms with Crippen LogP contribution in [0.4, 0.5) is 9.59 Å². The summed E-state index contributed by atoms with van der Waals surface area (Å²) in [6, 6.07) is -2.57. The lowest BCUT2D eigenvalue weighted by Gasteiger charge is -2.32. The molecule has 4 aliphatic heterocycles. The number of likely N-dealkylation sites (tertiary alicyclic amines) is 1. The first-order valence-corrected chi connectivity index (χ1v) is 13.7. The number of amides is 4. The Morgan fingerprint density at radius 1 is 1.14 bits per heavy atom. The third kappa shape index (κ3) is 6.80. The fraction of sp³-hybridized carbons (Fsp3) is 0.857. The van der Waals surface area contributed by atoms with Crippen molar-refractivity contribution in [3.05, 3.63) is 0 Å². The van der Waals surface area contributed by atoms with Gasteiger partial charge in [-0.3, -0.25) is 19.1 Å². The van der Waals surface area contributed by atoms with Crippen LogP contribution >= 0.6 is 0 Å². The zero-order chi connectivity index (χ0) is 27.0. The highest BCUT2D eigenvalue weighted by Gasteiger charge is 2.49. The van der Waals surface area contributed by atoms with E-state index in [9.17, 15) is 22.8 Å². The zero-order valence-electron chi connectivity index (χ0n) is 21.2. The van der Waals surface area contributed by atoms with E-state index in [1.54, 1.807) is 25.7 Å². The number of fused-ring (bicyclic) bond motifs is 2. The third-order valence-corrected chi connectivity index (χ3v) is 7.18. The summed E-state index contributed by atoms with van der Waals surface area (Å²) in [5.74, 6) is -0.577. The minimum absolute atomic E-state index is 0.0209. The molecule has 4 heterocycles. The Morgan fingerprint density at radius 2 is 1.84 bits per heavy atom. The van der Waals surface area contributed by atoms with Crippen LogP contribution in [0.25, 0.3) is 0 Å². The van der Waals surface area contributed by atoms with Gasteiger partial charge in [-0.2, -0.15) is 13.5 Å². The van der Waals surface area contributed by atoms with Crippen molar-refractivity contribution in [2.45, 2.75) is 69.8 Å². The van der Waals surface area contributed by atoms with Crippen LogP contribution in [0, 0.1) is 0 Å². The minimum Gasteiger partial charge on any atom is -0.444 e. The molecule has 4 fully saturated rings. The first-order chi connectivity index (χ1) is 17.3. The standard InChI is InChI=1S/C21H35N5O10S/c1-21(2,3)35-20(29)24-12-15(23-6-8-33-9-7-23)10-16(24)13-34-22-18(27)17-5-4-14-11-25(17)19(28)26(14)36-37(30,31)32/h14-17H,4-13H2,1-3H3,(H,22,27)(H,30,31,32)/t14?,15-,16+,17?/m0/s1. The Kier molecular flexibility index (Phi) is 8.16. The molecule has 4 saturated heterocycles. The third-order valence-electron chi connectivity index (χ3n) is 6.83. The van der Waals surface area contributed by atoms with E-state index in [1.165, 1.54) is 4.90 Å². The molecule has 4 aliphatic rings. The normalized spacial score (nSPS) is 29.1. The number of hydrogen-bond acceptors (Lipinski definition) is 10. The molecule has 2 bridgehead atoms. The summed E-state index contributed by atoms with van der Waals surface area (Å²) in [5.41, 5.74) is 1.71. The van der Waals surface area contributed by atoms with Crippen molar-refractivity contribution in [1.29, 1.82) is 0 Å². The molecule has 210 valence electrons. The minimum atomic E-state index is -4.88. The Bertz CT molecular complexity index is 983. The maximum Gasteiger partial charge on any atom is 0.418 e. The van der Waals surface area contributed by atoms with Crippen LogP contribution in [0.3, 0.4) is 0 Å². The molecule has 37 heavy (non-hydrogen) atoms. The maximum absolute atomic E-state index is 12.9. The van der Waals surface area contributed by atoms with E-state index in [-0.39, 0.29) is 31.7 Å². The van der Waals surface area contributed by atoms with E-state index in [0.717, 1.165) is 13.1 Å². The van der Waals surface area contributed by atoms with Gasteiger partial charge in [0.25, 0.3) is 5.91 Å². The molecule has 0 radical (unpaired) electrons. The molecule has 16 heteroatoms. The number of carbonyl (C=O) groups excluding carboxylic acids is 3. The van der Waals surface area contributed by atoms with E-state index < -0.39 is 46.1 Å². The van der Waals surface area contributed by atoms with Crippen molar-refractivity contribution < 1.29 is 45.9 Å². The van der Waals surface area contributed by atoms with Crippen LogP contribution in [0.15, 0.2) is 0 Å². The van der Waals surface area contributed by atoms with Crippen LogP contribution in [-0.4, -0.2) is 127 Å². The van der Waals surface area contributed by atoms with Crippen molar-refractivity contribution in [3.8, 4) is 0 Å². The highest BCUT2D eigenvalue weighted by atomic mass is 32.3. The monoisotopic (exact) mass is 549 g/mol. The summed E-state index contributed by atoms with van der Waals surface area (Å²) < 4.78 is 46.4. The van der Waals surface area contributed by atoms with Gasteiger partial charge >= 0.3 is 22.5 Å². The quantitative estimate of drug-likeness (QED) is 0.317. The highest BCUT2D eigenvalue weighted by molar-refractivity contribution is 7.80. The first-order valence-electron chi connectivity index (χ1n) is 12.3. The summed E-state index contributed by atoms with van der Waals surface area (Å²) >= 11 is 0. The number of nitrogens with zero attached hydrogens (tertiary/aromatic N) is 4. The Labute approximate surface area is 215 Å². The topological polar surface area (TPSA) is 167 Å². The van der Waals surface area contributed by atoms with Crippen LogP contribution in [0.5, 0.6) is 0 Å². The van der Waals surface area contributed by atoms with Gasteiger partial charge in [0.2, 0.25) is 0 Å². The van der Waals surface area contributed by atoms with E-state index >= 15 is 0 Å². The number of piperidine rings is 1. The molecule has 0 aromatic carbocycles. The molecule has 0 aromatic heterocycles. The van der Waals surface area contributed by atoms with Crippen molar-refractivity contribution in [1.82, 2.24) is 25.2 Å². The van der Waals surface area contributed by atoms with E-state index in [2.05, 4.69) is 14.7 Å². The fourth-order valence-corrected chi connectivity index (χ4v) is 5.57. The molecular weight excluding hydrogens is 514 g/mol. The van der Waals surface area contributed by atoms with Gasteiger partial charge in [0.1, 0.15) is 11.6 Å². The average Bonchev–Trinajstić information content (AvgIpc) is 3.33. The molecule has 0 aliphatic carbocycles. The predicted octanol–water partition coefficient (Wildman–Crippen LogP) is -0.253. The second-order valence-corrected chi connectivity index (χ2v) is 11.6. The van der Waals surface area contributed by atoms with Gasteiger partial charge in [-0.1, -0.05) is 0 Å². The van der Waals surface area contributed by atoms with Gasteiger partial charge in [0, 0.05) is 32.2 Å². The second kappa shape index (κ2) is 10.9. The van der Waals surface area contributed by atoms with Crippen molar-refractivity contribution in [3.63, 3.8) is 0 Å². The molecule has 0 aromatic rings. The lowest BCUT2D eigenvalue weighted by atomic mass is 10.0. The summed E-state index contributed by atoms with van der Waals surface area (Å²) in [4.78, 5) is 48.9. The Hall–Kier alpha value is -2.24. The van der Waals surface area contributed by atoms with Gasteiger partial charge in [0.05, 0.1) is 31.9 Å². The zero-order valence-corrected chi connectivity index (χ0v) is 22.0. The summed E-state index contributed by atoms with van der Waals surface area (Å²) in [7, 11) is -4.88. The van der Waals surface area contributed by atoms with Crippen LogP contribution in [0.1, 0.15) is 40.0 Å². The molecule has 2 unspecified atom stereocenters. The Balaban J connectivity index is 1.33. The predicted molar refractivity (Wildman–Crippen MR) is 125 cm³/mol. The van der Waals surface area contributed by atoms with Gasteiger partial charge < -0.3 is 19.3 Å². The highest BCUT2D eigenvalue weighted by Crippen LogP contribution is 2.31. The average molecular weight is 550 g/mol. The van der Waals surface area contributed by atoms with Crippen LogP contribution in [0.2, 0.25) is 0 Å². The first kappa shape index (κ1) is 27.8. The second-order valence-electron chi connectivity index (χ2n) is 10.6. The molecule has 0 saturated carbocycles. The molecule has 4 rings (SSSR count). The number of urea groups is 1. The largest absolute Gasteiger partial charge is 0.444 e. The summed E-state index contributed by atoms with van der Waals surface area (Å²) in [6.07, 6.45) is 0.727. The number of morpholine rings is 1. The summed E-state index contributed by atoms with van der Waals surface area (Å²) in [6.45, 7) is 8.73. The van der Waals surface area contributed by atoms with E-state index in [4.69, 9.17) is 18.9 Å². The van der Waals surface area contributed by atoms with Crippen molar-refractivity contribution in [2.75, 3.05) is 46.0 Å². The van der Waals surface area contributed by atoms with Crippen molar-refractivity contribution >= 4 is 28.4 Å². The lowest BCUT2D eigenvalue weighted by molar-refractivity contribution is -0.140. The van der Waals surface area contributed by atoms with E-state index in [0.29, 0.717) is 37.7 Å². The number of hydrogen-bond donors (Lipinski definition) is 2. The number of rotatable bonds is 7. The number of hydroxylamine groups is 3. The van der Waals surface area contributed by atoms with Gasteiger partial charge in [-0.25, -0.2) is 15.1 Å². The van der Waals surface area contributed by atoms with E-state index in [1.807, 2.05) is 0 Å². The van der Waals surface area contributed by atoms with Crippen molar-refractivity contribution in [2.24, 2.45) is 0 Å². The molecule has 0 spiro atoms. The van der Waals surface area contributed by atoms with Crippen LogP contribution < -0.4 is 5.48 Å². The number of ether oxygens (including phenoxy) is 2. The number of nitrogens with one attached hydrogen (secondary N) is 1. The van der Waals surface area contributed by atoms with Crippen LogP contribution in [-0.2, 0) is 33.8 Å². The molecule has 2 N–H and O–H groups in total. The van der Waals surface area contributed by atoms with Gasteiger partial charge in [-0.05, 0) is 40.0 Å². The summed E-state index contributed by atoms with van der Waals surface area (Å²) in [5, 5.41) is 0.576. The molecule has 4 atom stereocenters. The fourth-order valence-electron chi connectivity index (χ4n) is 5.18. The Morgan fingerprint density at radius 3 is 2.49 bits per heavy atom. The lowest BCUT2D eigenvalue weighted by Crippen LogP contribution is -2.50.